The molecule has 12 heteroatoms. The van der Waals surface area contributed by atoms with Crippen molar-refractivity contribution in [3.05, 3.63) is 77.6 Å². The van der Waals surface area contributed by atoms with Gasteiger partial charge in [0.15, 0.2) is 0 Å². The molecule has 242 valence electrons. The van der Waals surface area contributed by atoms with E-state index in [4.69, 9.17) is 10.7 Å². The van der Waals surface area contributed by atoms with E-state index < -0.39 is 0 Å². The van der Waals surface area contributed by atoms with Crippen molar-refractivity contribution in [3.8, 4) is 11.3 Å². The van der Waals surface area contributed by atoms with Gasteiger partial charge in [-0.3, -0.25) is 34.5 Å². The van der Waals surface area contributed by atoms with Crippen LogP contribution in [-0.4, -0.2) is 100 Å². The van der Waals surface area contributed by atoms with E-state index in [0.29, 0.717) is 62.9 Å². The highest BCUT2D eigenvalue weighted by Crippen LogP contribution is 2.29. The van der Waals surface area contributed by atoms with Crippen LogP contribution in [0.2, 0.25) is 0 Å². The number of amidine groups is 1. The van der Waals surface area contributed by atoms with Gasteiger partial charge in [0.25, 0.3) is 0 Å². The third-order valence-electron chi connectivity index (χ3n) is 8.83. The van der Waals surface area contributed by atoms with Gasteiger partial charge in [-0.15, -0.1) is 0 Å². The molecular weight excluding hydrogens is 592 g/mol. The standard InChI is InChI=1S/C35H40N10O2/c1-4-45(30-10-9-29-33(40-30)32(42-41-29)27-11-15-38-23(2)19-27)35(47)28-12-16-43(20-28)21-31(46)44-17-13-25(14-18-44)24-5-7-26(8-6-24)34(36)39-22-37-3/h5-11,13,15,19,22,28H,4,12,14,16-18,20-21H2,1-3H3,(H,41,42)(H2,36,37,39)/t28-/m1/s1. The Morgan fingerprint density at radius 1 is 1.13 bits per heavy atom. The zero-order valence-corrected chi connectivity index (χ0v) is 27.1. The highest BCUT2D eigenvalue weighted by atomic mass is 16.2. The van der Waals surface area contributed by atoms with Crippen molar-refractivity contribution in [2.24, 2.45) is 21.6 Å². The number of aliphatic imine (C=N–C) groups is 2. The Balaban J connectivity index is 1.05. The fraction of sp³-hybridized carbons (Fsp3) is 0.343. The van der Waals surface area contributed by atoms with Crippen molar-refractivity contribution >= 4 is 46.4 Å². The maximum atomic E-state index is 13.8. The number of nitrogens with one attached hydrogen (secondary N) is 1. The lowest BCUT2D eigenvalue weighted by Gasteiger charge is -2.29. The van der Waals surface area contributed by atoms with Crippen molar-refractivity contribution in [2.75, 3.05) is 51.2 Å². The number of benzene rings is 1. The molecule has 1 aromatic carbocycles. The van der Waals surface area contributed by atoms with Crippen molar-refractivity contribution in [2.45, 2.75) is 26.7 Å². The number of carbonyl (C=O) groups is 2. The third-order valence-corrected chi connectivity index (χ3v) is 8.83. The summed E-state index contributed by atoms with van der Waals surface area (Å²) < 4.78 is 0. The molecule has 5 heterocycles. The van der Waals surface area contributed by atoms with E-state index in [-0.39, 0.29) is 17.7 Å². The second-order valence-corrected chi connectivity index (χ2v) is 11.9. The van der Waals surface area contributed by atoms with Crippen molar-refractivity contribution in [1.82, 2.24) is 30.0 Å². The Hall–Kier alpha value is -5.23. The number of fused-ring (bicyclic) bond motifs is 1. The summed E-state index contributed by atoms with van der Waals surface area (Å²) in [6, 6.07) is 15.6. The summed E-state index contributed by atoms with van der Waals surface area (Å²) in [7, 11) is 1.65. The zero-order chi connectivity index (χ0) is 32.9. The highest BCUT2D eigenvalue weighted by molar-refractivity contribution is 6.01. The van der Waals surface area contributed by atoms with Gasteiger partial charge in [-0.1, -0.05) is 30.3 Å². The van der Waals surface area contributed by atoms with E-state index in [1.54, 1.807) is 18.1 Å². The minimum atomic E-state index is -0.198. The summed E-state index contributed by atoms with van der Waals surface area (Å²) >= 11 is 0. The minimum absolute atomic E-state index is 0.0298. The number of anilines is 1. The number of aromatic amines is 1. The fourth-order valence-corrected chi connectivity index (χ4v) is 6.26. The van der Waals surface area contributed by atoms with Crippen LogP contribution in [-0.2, 0) is 9.59 Å². The molecule has 3 N–H and O–H groups in total. The second-order valence-electron chi connectivity index (χ2n) is 11.9. The van der Waals surface area contributed by atoms with Gasteiger partial charge in [0, 0.05) is 56.2 Å². The zero-order valence-electron chi connectivity index (χ0n) is 27.1. The molecule has 1 atom stereocenters. The van der Waals surface area contributed by atoms with Gasteiger partial charge in [0.1, 0.15) is 29.2 Å². The molecule has 6 rings (SSSR count). The van der Waals surface area contributed by atoms with Crippen molar-refractivity contribution < 1.29 is 9.59 Å². The quantitative estimate of drug-likeness (QED) is 0.211. The van der Waals surface area contributed by atoms with Gasteiger partial charge in [0.05, 0.1) is 18.0 Å². The summed E-state index contributed by atoms with van der Waals surface area (Å²) in [6.07, 6.45) is 6.79. The maximum absolute atomic E-state index is 13.8. The molecule has 1 saturated heterocycles. The normalized spacial score (nSPS) is 17.4. The molecule has 47 heavy (non-hydrogen) atoms. The molecule has 0 aliphatic carbocycles. The SMILES string of the molecule is CCN(C(=O)[C@@H]1CCN(CC(=O)N2CC=C(c3ccc(C(N)=NC=NC)cc3)CC2)C1)c1ccc2[nH]nc(-c3ccnc(C)c3)c2n1. The second kappa shape index (κ2) is 14.0. The largest absolute Gasteiger partial charge is 0.383 e. The number of H-pyrrole nitrogens is 1. The number of likely N-dealkylation sites (tertiary alicyclic amines) is 1. The number of hydrogen-bond acceptors (Lipinski definition) is 7. The van der Waals surface area contributed by atoms with Crippen LogP contribution in [0.5, 0.6) is 0 Å². The number of hydrogen-bond donors (Lipinski definition) is 2. The predicted octanol–water partition coefficient (Wildman–Crippen LogP) is 3.68. The Labute approximate surface area is 274 Å². The van der Waals surface area contributed by atoms with Gasteiger partial charge >= 0.3 is 0 Å². The first-order chi connectivity index (χ1) is 22.8. The molecule has 0 unspecified atom stereocenters. The van der Waals surface area contributed by atoms with Crippen LogP contribution >= 0.6 is 0 Å². The molecule has 0 radical (unpaired) electrons. The Morgan fingerprint density at radius 2 is 1.96 bits per heavy atom. The summed E-state index contributed by atoms with van der Waals surface area (Å²) in [6.45, 7) is 7.18. The number of pyridine rings is 2. The lowest BCUT2D eigenvalue weighted by Crippen LogP contribution is -2.42. The van der Waals surface area contributed by atoms with Crippen LogP contribution in [0.4, 0.5) is 5.82 Å². The first-order valence-electron chi connectivity index (χ1n) is 16.0. The number of nitrogens with two attached hydrogens (primary N) is 1. The van der Waals surface area contributed by atoms with Crippen LogP contribution in [0.3, 0.4) is 0 Å². The van der Waals surface area contributed by atoms with Crippen LogP contribution in [0, 0.1) is 12.8 Å². The van der Waals surface area contributed by atoms with Gasteiger partial charge in [-0.05, 0) is 68.6 Å². The highest BCUT2D eigenvalue weighted by Gasteiger charge is 2.33. The maximum Gasteiger partial charge on any atom is 0.237 e. The lowest BCUT2D eigenvalue weighted by atomic mass is 9.98. The number of aryl methyl sites for hydroxylation is 1. The molecule has 2 amide bonds. The van der Waals surface area contributed by atoms with Crippen molar-refractivity contribution in [3.63, 3.8) is 0 Å². The van der Waals surface area contributed by atoms with E-state index in [9.17, 15) is 9.59 Å². The van der Waals surface area contributed by atoms with Gasteiger partial charge in [-0.2, -0.15) is 5.10 Å². The fourth-order valence-electron chi connectivity index (χ4n) is 6.26. The van der Waals surface area contributed by atoms with E-state index in [1.807, 2.05) is 67.3 Å². The summed E-state index contributed by atoms with van der Waals surface area (Å²) in [5.41, 5.74) is 13.2. The average Bonchev–Trinajstić information content (AvgIpc) is 3.75. The predicted molar refractivity (Wildman–Crippen MR) is 185 cm³/mol. The molecule has 2 aliphatic rings. The van der Waals surface area contributed by atoms with Crippen LogP contribution in [0.25, 0.3) is 27.9 Å². The van der Waals surface area contributed by atoms with Crippen molar-refractivity contribution in [1.29, 1.82) is 0 Å². The van der Waals surface area contributed by atoms with Crippen LogP contribution in [0.15, 0.2) is 70.8 Å². The summed E-state index contributed by atoms with van der Waals surface area (Å²) in [4.78, 5) is 49.9. The van der Waals surface area contributed by atoms with E-state index >= 15 is 0 Å². The number of nitrogens with zero attached hydrogens (tertiary/aromatic N) is 8. The first-order valence-corrected chi connectivity index (χ1v) is 16.0. The van der Waals surface area contributed by atoms with Crippen LogP contribution in [0.1, 0.15) is 36.6 Å². The van der Waals surface area contributed by atoms with Gasteiger partial charge in [0.2, 0.25) is 11.8 Å². The first kappa shape index (κ1) is 31.7. The number of rotatable bonds is 9. The number of aromatic nitrogens is 4. The molecule has 4 aromatic rings. The van der Waals surface area contributed by atoms with E-state index in [1.165, 1.54) is 11.9 Å². The number of carbonyl (C=O) groups excluding carboxylic acids is 2. The molecule has 1 fully saturated rings. The molecule has 0 bridgehead atoms. The van der Waals surface area contributed by atoms with Crippen LogP contribution < -0.4 is 10.6 Å². The molecule has 3 aromatic heterocycles. The topological polar surface area (TPSA) is 149 Å². The molecular formula is C35H40N10O2. The van der Waals surface area contributed by atoms with Gasteiger partial charge in [-0.25, -0.2) is 9.98 Å². The molecule has 2 aliphatic heterocycles. The lowest BCUT2D eigenvalue weighted by molar-refractivity contribution is -0.132. The van der Waals surface area contributed by atoms with E-state index in [0.717, 1.165) is 40.0 Å². The number of amides is 2. The van der Waals surface area contributed by atoms with E-state index in [2.05, 4.69) is 36.1 Å². The third kappa shape index (κ3) is 6.97. The Bertz CT molecular complexity index is 1860. The average molecular weight is 633 g/mol. The summed E-state index contributed by atoms with van der Waals surface area (Å²) in [5, 5.41) is 7.54. The molecule has 0 saturated carbocycles. The smallest absolute Gasteiger partial charge is 0.237 e. The van der Waals surface area contributed by atoms with Gasteiger partial charge < -0.3 is 10.6 Å². The molecule has 0 spiro atoms. The Kier molecular flexibility index (Phi) is 9.48. The monoisotopic (exact) mass is 632 g/mol. The minimum Gasteiger partial charge on any atom is -0.383 e. The molecule has 12 nitrogen and oxygen atoms in total. The summed E-state index contributed by atoms with van der Waals surface area (Å²) in [5.74, 6) is 0.936. The Morgan fingerprint density at radius 3 is 2.68 bits per heavy atom.